The Morgan fingerprint density at radius 3 is 2.96 bits per heavy atom. The summed E-state index contributed by atoms with van der Waals surface area (Å²) in [5.41, 5.74) is 1.08. The summed E-state index contributed by atoms with van der Waals surface area (Å²) in [5.74, 6) is 1.70. The van der Waals surface area contributed by atoms with Crippen LogP contribution in [0.3, 0.4) is 0 Å². The summed E-state index contributed by atoms with van der Waals surface area (Å²) < 4.78 is 5.49. The number of nitrogens with one attached hydrogen (secondary N) is 2. The van der Waals surface area contributed by atoms with Gasteiger partial charge in [-0.1, -0.05) is 25.0 Å². The van der Waals surface area contributed by atoms with Gasteiger partial charge in [0.2, 0.25) is 5.91 Å². The number of fused-ring (bicyclic) bond motifs is 1. The Morgan fingerprint density at radius 1 is 1.35 bits per heavy atom. The highest BCUT2D eigenvalue weighted by Gasteiger charge is 2.37. The first-order chi connectivity index (χ1) is 10.8. The maximum atomic E-state index is 12.4. The lowest BCUT2D eigenvalue weighted by Gasteiger charge is -2.24. The zero-order valence-corrected chi connectivity index (χ0v) is 14.5. The lowest BCUT2D eigenvalue weighted by molar-refractivity contribution is -0.123. The largest absolute Gasteiger partial charge is 0.494 e. The summed E-state index contributed by atoms with van der Waals surface area (Å²) in [5, 5.41) is 6.59. The van der Waals surface area contributed by atoms with E-state index in [1.54, 1.807) is 0 Å². The molecule has 0 bridgehead atoms. The van der Waals surface area contributed by atoms with Crippen molar-refractivity contribution in [2.45, 2.75) is 57.7 Å². The fourth-order valence-electron chi connectivity index (χ4n) is 3.75. The maximum Gasteiger partial charge on any atom is 0.237 e. The molecule has 4 nitrogen and oxygen atoms in total. The molecule has 1 saturated carbocycles. The molecule has 2 aliphatic rings. The predicted molar refractivity (Wildman–Crippen MR) is 94.0 cm³/mol. The van der Waals surface area contributed by atoms with Gasteiger partial charge in [-0.2, -0.15) is 0 Å². The summed E-state index contributed by atoms with van der Waals surface area (Å²) in [6.07, 6.45) is 6.12. The molecule has 2 N–H and O–H groups in total. The smallest absolute Gasteiger partial charge is 0.237 e. The molecule has 3 unspecified atom stereocenters. The summed E-state index contributed by atoms with van der Waals surface area (Å²) in [6, 6.07) is 8.47. The fraction of sp³-hybridized carbons (Fsp3) is 0.611. The third-order valence-corrected chi connectivity index (χ3v) is 4.86. The fourth-order valence-corrected chi connectivity index (χ4v) is 3.75. The van der Waals surface area contributed by atoms with E-state index < -0.39 is 0 Å². The van der Waals surface area contributed by atoms with E-state index in [0.717, 1.165) is 17.7 Å². The van der Waals surface area contributed by atoms with Gasteiger partial charge in [-0.05, 0) is 49.8 Å². The Kier molecular flexibility index (Phi) is 6.72. The van der Waals surface area contributed by atoms with Crippen LogP contribution in [0.5, 0.6) is 5.75 Å². The second kappa shape index (κ2) is 8.55. The number of halogens is 1. The van der Waals surface area contributed by atoms with Crippen LogP contribution >= 0.6 is 12.4 Å². The van der Waals surface area contributed by atoms with E-state index in [0.29, 0.717) is 25.1 Å². The van der Waals surface area contributed by atoms with Gasteiger partial charge in [-0.3, -0.25) is 4.79 Å². The van der Waals surface area contributed by atoms with E-state index >= 15 is 0 Å². The molecule has 3 rings (SSSR count). The first kappa shape index (κ1) is 18.1. The molecule has 128 valence electrons. The Hall–Kier alpha value is -1.26. The van der Waals surface area contributed by atoms with Gasteiger partial charge in [0.15, 0.2) is 0 Å². The van der Waals surface area contributed by atoms with Gasteiger partial charge in [-0.15, -0.1) is 12.4 Å². The van der Waals surface area contributed by atoms with Crippen LogP contribution in [0.2, 0.25) is 0 Å². The molecule has 1 saturated heterocycles. The van der Waals surface area contributed by atoms with Gasteiger partial charge in [0, 0.05) is 12.6 Å². The lowest BCUT2D eigenvalue weighted by Crippen LogP contribution is -2.42. The summed E-state index contributed by atoms with van der Waals surface area (Å²) >= 11 is 0. The molecule has 23 heavy (non-hydrogen) atoms. The number of amides is 1. The second-order valence-corrected chi connectivity index (χ2v) is 6.40. The highest BCUT2D eigenvalue weighted by molar-refractivity contribution is 5.85. The van der Waals surface area contributed by atoms with Crippen LogP contribution in [0.15, 0.2) is 24.3 Å². The van der Waals surface area contributed by atoms with Crippen molar-refractivity contribution < 1.29 is 9.53 Å². The van der Waals surface area contributed by atoms with Crippen molar-refractivity contribution in [1.82, 2.24) is 10.6 Å². The van der Waals surface area contributed by atoms with E-state index in [-0.39, 0.29) is 24.4 Å². The van der Waals surface area contributed by atoms with Crippen molar-refractivity contribution >= 4 is 18.3 Å². The van der Waals surface area contributed by atoms with Crippen molar-refractivity contribution in [1.29, 1.82) is 0 Å². The van der Waals surface area contributed by atoms with Crippen LogP contribution < -0.4 is 15.4 Å². The minimum atomic E-state index is -0.0109. The van der Waals surface area contributed by atoms with Crippen LogP contribution in [0.1, 0.15) is 44.6 Å². The summed E-state index contributed by atoms with van der Waals surface area (Å²) in [4.78, 5) is 12.4. The zero-order valence-electron chi connectivity index (χ0n) is 13.7. The number of ether oxygens (including phenoxy) is 1. The van der Waals surface area contributed by atoms with Crippen molar-refractivity contribution in [2.24, 2.45) is 5.92 Å². The quantitative estimate of drug-likeness (QED) is 0.867. The summed E-state index contributed by atoms with van der Waals surface area (Å²) in [7, 11) is 0. The molecule has 1 aromatic carbocycles. The highest BCUT2D eigenvalue weighted by Crippen LogP contribution is 2.33. The first-order valence-electron chi connectivity index (χ1n) is 8.51. The Balaban J connectivity index is 0.00000192. The molecule has 1 amide bonds. The average molecular weight is 339 g/mol. The molecule has 1 heterocycles. The van der Waals surface area contributed by atoms with Crippen LogP contribution in [-0.2, 0) is 11.3 Å². The molecular formula is C18H27ClN2O2. The number of carbonyl (C=O) groups is 1. The molecule has 1 aliphatic heterocycles. The van der Waals surface area contributed by atoms with E-state index in [1.165, 1.54) is 25.7 Å². The van der Waals surface area contributed by atoms with Crippen LogP contribution in [0, 0.1) is 5.92 Å². The van der Waals surface area contributed by atoms with Gasteiger partial charge in [-0.25, -0.2) is 0 Å². The van der Waals surface area contributed by atoms with Gasteiger partial charge >= 0.3 is 0 Å². The third kappa shape index (κ3) is 4.61. The minimum Gasteiger partial charge on any atom is -0.494 e. The normalized spacial score (nSPS) is 26.0. The zero-order chi connectivity index (χ0) is 15.4. The first-order valence-corrected chi connectivity index (χ1v) is 8.51. The van der Waals surface area contributed by atoms with Crippen LogP contribution in [0.25, 0.3) is 0 Å². The molecule has 0 spiro atoms. The molecular weight excluding hydrogens is 312 g/mol. The number of rotatable bonds is 5. The van der Waals surface area contributed by atoms with E-state index in [2.05, 4.69) is 10.6 Å². The molecule has 3 atom stereocenters. The number of carbonyl (C=O) groups excluding carboxylic acids is 1. The molecule has 5 heteroatoms. The van der Waals surface area contributed by atoms with Gasteiger partial charge in [0.1, 0.15) is 5.75 Å². The van der Waals surface area contributed by atoms with Gasteiger partial charge in [0.25, 0.3) is 0 Å². The highest BCUT2D eigenvalue weighted by atomic mass is 35.5. The van der Waals surface area contributed by atoms with Crippen molar-refractivity contribution in [2.75, 3.05) is 6.61 Å². The Morgan fingerprint density at radius 2 is 2.17 bits per heavy atom. The molecule has 1 aliphatic carbocycles. The standard InChI is InChI=1S/C18H26N2O2.ClH/c1-2-22-15-8-5-6-13(10-15)12-19-18(21)17-11-14-7-3-4-9-16(14)20-17;/h5-6,8,10,14,16-17,20H,2-4,7,9,11-12H2,1H3,(H,19,21);1H. The average Bonchev–Trinajstić information content (AvgIpc) is 2.97. The van der Waals surface area contributed by atoms with Crippen LogP contribution in [0.4, 0.5) is 0 Å². The predicted octanol–water partition coefficient (Wildman–Crippen LogP) is 3.04. The van der Waals surface area contributed by atoms with E-state index in [4.69, 9.17) is 4.74 Å². The van der Waals surface area contributed by atoms with E-state index in [1.807, 2.05) is 31.2 Å². The molecule has 1 aromatic rings. The third-order valence-electron chi connectivity index (χ3n) is 4.86. The second-order valence-electron chi connectivity index (χ2n) is 6.40. The van der Waals surface area contributed by atoms with Crippen LogP contribution in [-0.4, -0.2) is 24.6 Å². The number of hydrogen-bond donors (Lipinski definition) is 2. The van der Waals surface area contributed by atoms with Gasteiger partial charge < -0.3 is 15.4 Å². The lowest BCUT2D eigenvalue weighted by atomic mass is 9.85. The molecule has 0 radical (unpaired) electrons. The minimum absolute atomic E-state index is 0. The van der Waals surface area contributed by atoms with E-state index in [9.17, 15) is 4.79 Å². The summed E-state index contributed by atoms with van der Waals surface area (Å²) in [6.45, 7) is 3.19. The Bertz CT molecular complexity index is 509. The van der Waals surface area contributed by atoms with Crippen molar-refractivity contribution in [3.63, 3.8) is 0 Å². The maximum absolute atomic E-state index is 12.4. The van der Waals surface area contributed by atoms with Crippen molar-refractivity contribution in [3.8, 4) is 5.75 Å². The monoisotopic (exact) mass is 338 g/mol. The SMILES string of the molecule is CCOc1cccc(CNC(=O)C2CC3CCCCC3N2)c1.Cl. The molecule has 2 fully saturated rings. The number of benzene rings is 1. The van der Waals surface area contributed by atoms with Crippen molar-refractivity contribution in [3.05, 3.63) is 29.8 Å². The topological polar surface area (TPSA) is 50.4 Å². The Labute approximate surface area is 144 Å². The molecule has 0 aromatic heterocycles. The number of hydrogen-bond acceptors (Lipinski definition) is 3. The van der Waals surface area contributed by atoms with Gasteiger partial charge in [0.05, 0.1) is 12.6 Å².